The van der Waals surface area contributed by atoms with E-state index in [1.807, 2.05) is 0 Å². The van der Waals surface area contributed by atoms with E-state index in [0.717, 1.165) is 6.07 Å². The Labute approximate surface area is 256 Å². The smallest absolute Gasteiger partial charge is 0.870 e. The second-order valence-corrected chi connectivity index (χ2v) is 10.4. The fraction of sp³-hybridized carbons (Fsp3) is 0.115. The molecule has 0 radical (unpaired) electrons. The molecule has 4 aromatic rings. The molecule has 0 spiro atoms. The fourth-order valence-corrected chi connectivity index (χ4v) is 4.85. The van der Waals surface area contributed by atoms with Crippen LogP contribution in [0.15, 0.2) is 75.8 Å². The summed E-state index contributed by atoms with van der Waals surface area (Å²) in [7, 11) is -4.48. The van der Waals surface area contributed by atoms with Gasteiger partial charge < -0.3 is 15.2 Å². The maximum absolute atomic E-state index is 13.4. The minimum absolute atomic E-state index is 0. The largest absolute Gasteiger partial charge is 1.00 e. The number of rotatable bonds is 7. The van der Waals surface area contributed by atoms with Crippen molar-refractivity contribution in [2.24, 2.45) is 10.2 Å². The van der Waals surface area contributed by atoms with E-state index in [9.17, 15) is 22.9 Å². The number of halogens is 2. The second-order valence-electron chi connectivity index (χ2n) is 8.10. The van der Waals surface area contributed by atoms with Gasteiger partial charge in [-0.2, -0.15) is 13.5 Å². The SMILES string of the molecule is CCOc1cc(Cl)ccc1NC(=O)c1cc2ccccc2c(N=Nc2c(C)cc(S(=O)(=O)O)cc2Cl)c1[O-].[Na+]. The van der Waals surface area contributed by atoms with Crippen LogP contribution in [0.4, 0.5) is 17.1 Å². The standard InChI is InChI=1S/C26H21Cl2N3O6S.Na/c1-3-37-22-12-16(27)8-9-21(22)29-26(33)19-11-15-6-4-5-7-18(15)24(25(19)32)31-30-23-14(2)10-17(13-20(23)28)38(34,35)36;/h4-13,32H,3H2,1-2H3,(H,29,33)(H,34,35,36);/q;+1/p-1. The third-order valence-electron chi connectivity index (χ3n) is 5.49. The summed E-state index contributed by atoms with van der Waals surface area (Å²) in [5.74, 6) is -1.02. The van der Waals surface area contributed by atoms with Gasteiger partial charge in [-0.05, 0) is 55.1 Å². The predicted molar refractivity (Wildman–Crippen MR) is 144 cm³/mol. The first-order chi connectivity index (χ1) is 18.0. The number of nitrogens with zero attached hydrogens (tertiary/aromatic N) is 2. The van der Waals surface area contributed by atoms with Crippen molar-refractivity contribution in [1.82, 2.24) is 0 Å². The Morgan fingerprint density at radius 1 is 1.05 bits per heavy atom. The van der Waals surface area contributed by atoms with Gasteiger partial charge in [0.05, 0.1) is 27.9 Å². The monoisotopic (exact) mass is 595 g/mol. The van der Waals surface area contributed by atoms with Gasteiger partial charge in [-0.15, -0.1) is 5.11 Å². The topological polar surface area (TPSA) is 140 Å². The molecule has 2 N–H and O–H groups in total. The Hall–Kier alpha value is -2.70. The molecule has 0 aliphatic rings. The molecule has 0 atom stereocenters. The van der Waals surface area contributed by atoms with Gasteiger partial charge in [-0.1, -0.05) is 53.2 Å². The maximum atomic E-state index is 13.4. The Morgan fingerprint density at radius 2 is 1.74 bits per heavy atom. The summed E-state index contributed by atoms with van der Waals surface area (Å²) in [6.07, 6.45) is 0. The van der Waals surface area contributed by atoms with Crippen LogP contribution in [0.25, 0.3) is 10.8 Å². The van der Waals surface area contributed by atoms with E-state index in [2.05, 4.69) is 15.5 Å². The molecule has 0 saturated carbocycles. The minimum Gasteiger partial charge on any atom is -0.870 e. The zero-order chi connectivity index (χ0) is 27.6. The number of hydrogen-bond acceptors (Lipinski definition) is 7. The van der Waals surface area contributed by atoms with Crippen molar-refractivity contribution in [2.75, 3.05) is 11.9 Å². The molecule has 0 aromatic heterocycles. The summed E-state index contributed by atoms with van der Waals surface area (Å²) in [4.78, 5) is 12.8. The molecule has 0 saturated heterocycles. The number of ether oxygens (including phenoxy) is 1. The number of benzene rings is 4. The molecule has 0 bridgehead atoms. The van der Waals surface area contributed by atoms with Gasteiger partial charge >= 0.3 is 29.6 Å². The molecule has 13 heteroatoms. The predicted octanol–water partition coefficient (Wildman–Crippen LogP) is 3.85. The summed E-state index contributed by atoms with van der Waals surface area (Å²) in [6, 6.07) is 15.2. The number of hydrogen-bond donors (Lipinski definition) is 2. The zero-order valence-corrected chi connectivity index (χ0v) is 25.4. The third-order valence-corrected chi connectivity index (χ3v) is 6.84. The minimum atomic E-state index is -4.48. The first-order valence-corrected chi connectivity index (χ1v) is 13.3. The second kappa shape index (κ2) is 12.6. The Morgan fingerprint density at radius 3 is 2.41 bits per heavy atom. The molecule has 1 amide bonds. The van der Waals surface area contributed by atoms with Crippen LogP contribution in [0.2, 0.25) is 10.0 Å². The van der Waals surface area contributed by atoms with E-state index in [4.69, 9.17) is 27.9 Å². The van der Waals surface area contributed by atoms with E-state index in [1.165, 1.54) is 19.1 Å². The average Bonchev–Trinajstić information content (AvgIpc) is 2.85. The van der Waals surface area contributed by atoms with Crippen LogP contribution in [0.3, 0.4) is 0 Å². The van der Waals surface area contributed by atoms with Crippen molar-refractivity contribution >= 4 is 67.1 Å². The van der Waals surface area contributed by atoms with Gasteiger partial charge in [-0.25, -0.2) is 0 Å². The van der Waals surface area contributed by atoms with Crippen LogP contribution >= 0.6 is 23.2 Å². The van der Waals surface area contributed by atoms with E-state index >= 15 is 0 Å². The fourth-order valence-electron chi connectivity index (χ4n) is 3.72. The Kier molecular flexibility index (Phi) is 10.0. The van der Waals surface area contributed by atoms with Gasteiger partial charge in [0.25, 0.3) is 16.0 Å². The van der Waals surface area contributed by atoms with E-state index in [-0.39, 0.29) is 51.5 Å². The van der Waals surface area contributed by atoms with Crippen LogP contribution in [0.5, 0.6) is 11.5 Å². The molecular weight excluding hydrogens is 576 g/mol. The van der Waals surface area contributed by atoms with Crippen molar-refractivity contribution in [3.63, 3.8) is 0 Å². The van der Waals surface area contributed by atoms with Crippen LogP contribution in [-0.2, 0) is 10.1 Å². The number of fused-ring (bicyclic) bond motifs is 1. The molecule has 196 valence electrons. The van der Waals surface area contributed by atoms with E-state index < -0.39 is 26.7 Å². The van der Waals surface area contributed by atoms with E-state index in [0.29, 0.717) is 39.4 Å². The zero-order valence-electron chi connectivity index (χ0n) is 21.0. The van der Waals surface area contributed by atoms with Gasteiger partial charge in [0.15, 0.2) is 0 Å². The molecule has 0 aliphatic carbocycles. The van der Waals surface area contributed by atoms with Crippen LogP contribution in [0.1, 0.15) is 22.8 Å². The normalized spacial score (nSPS) is 11.4. The molecule has 0 heterocycles. The number of aryl methyl sites for hydroxylation is 1. The summed E-state index contributed by atoms with van der Waals surface area (Å²) < 4.78 is 37.8. The van der Waals surface area contributed by atoms with Crippen LogP contribution in [-0.4, -0.2) is 25.5 Å². The third kappa shape index (κ3) is 6.90. The molecule has 0 unspecified atom stereocenters. The van der Waals surface area contributed by atoms with Gasteiger partial charge in [-0.3, -0.25) is 9.35 Å². The number of carbonyl (C=O) groups excluding carboxylic acids is 1. The number of carbonyl (C=O) groups is 1. The van der Waals surface area contributed by atoms with Gasteiger partial charge in [0.2, 0.25) is 0 Å². The molecule has 4 aromatic carbocycles. The molecular formula is C26H20Cl2N3NaO6S. The van der Waals surface area contributed by atoms with Crippen molar-refractivity contribution in [3.8, 4) is 11.5 Å². The molecule has 4 rings (SSSR count). The Balaban J connectivity index is 0.00000420. The van der Waals surface area contributed by atoms with Crippen molar-refractivity contribution in [2.45, 2.75) is 18.7 Å². The van der Waals surface area contributed by atoms with Gasteiger partial charge in [0, 0.05) is 22.0 Å². The quantitative estimate of drug-likeness (QED) is 0.189. The number of nitrogens with one attached hydrogen (secondary N) is 1. The molecule has 0 aliphatic heterocycles. The average molecular weight is 596 g/mol. The Bertz CT molecular complexity index is 1690. The summed E-state index contributed by atoms with van der Waals surface area (Å²) in [6.45, 7) is 3.65. The first kappa shape index (κ1) is 30.8. The van der Waals surface area contributed by atoms with Crippen molar-refractivity contribution in [1.29, 1.82) is 0 Å². The van der Waals surface area contributed by atoms with Crippen LogP contribution in [0, 0.1) is 6.92 Å². The van der Waals surface area contributed by atoms with Crippen molar-refractivity contribution < 1.29 is 57.2 Å². The number of azo groups is 1. The maximum Gasteiger partial charge on any atom is 1.00 e. The van der Waals surface area contributed by atoms with E-state index in [1.54, 1.807) is 49.4 Å². The first-order valence-electron chi connectivity index (χ1n) is 11.2. The summed E-state index contributed by atoms with van der Waals surface area (Å²) in [5, 5.41) is 25.7. The molecule has 9 nitrogen and oxygen atoms in total. The summed E-state index contributed by atoms with van der Waals surface area (Å²) >= 11 is 12.2. The molecule has 0 fully saturated rings. The van der Waals surface area contributed by atoms with Gasteiger partial charge in [0.1, 0.15) is 11.4 Å². The summed E-state index contributed by atoms with van der Waals surface area (Å²) in [5.41, 5.74) is 0.437. The number of anilines is 1. The van der Waals surface area contributed by atoms with Crippen molar-refractivity contribution in [3.05, 3.63) is 81.8 Å². The number of amides is 1. The molecule has 39 heavy (non-hydrogen) atoms. The van der Waals surface area contributed by atoms with Crippen LogP contribution < -0.4 is 44.7 Å².